The van der Waals surface area contributed by atoms with E-state index in [2.05, 4.69) is 21.2 Å². The minimum Gasteiger partial charge on any atom is -0.492 e. The molecule has 0 unspecified atom stereocenters. The summed E-state index contributed by atoms with van der Waals surface area (Å²) < 4.78 is 42.2. The number of benzene rings is 1. The van der Waals surface area contributed by atoms with Gasteiger partial charge in [-0.05, 0) is 36.5 Å². The average molecular weight is 358 g/mol. The lowest BCUT2D eigenvalue weighted by molar-refractivity contribution is -0.0329. The monoisotopic (exact) mass is 357 g/mol. The molecule has 1 N–H and O–H groups in total. The molecule has 1 aromatic carbocycles. The second-order valence-corrected chi connectivity index (χ2v) is 5.75. The largest absolute Gasteiger partial charge is 0.492 e. The summed E-state index contributed by atoms with van der Waals surface area (Å²) >= 11 is 3.29. The lowest BCUT2D eigenvalue weighted by Gasteiger charge is -2.12. The van der Waals surface area contributed by atoms with Crippen molar-refractivity contribution in [1.82, 2.24) is 5.32 Å². The van der Waals surface area contributed by atoms with E-state index in [0.717, 1.165) is 16.6 Å². The van der Waals surface area contributed by atoms with Gasteiger partial charge in [-0.3, -0.25) is 0 Å². The molecule has 108 valence electrons. The number of alkyl halides is 3. The summed E-state index contributed by atoms with van der Waals surface area (Å²) in [5.74, 6) is 0.507. The van der Waals surface area contributed by atoms with E-state index in [4.69, 9.17) is 4.74 Å². The molecule has 19 heavy (non-hydrogen) atoms. The molecule has 0 aliphatic heterocycles. The Kier molecular flexibility index (Phi) is 7.02. The van der Waals surface area contributed by atoms with Gasteiger partial charge in [-0.15, -0.1) is 0 Å². The summed E-state index contributed by atoms with van der Waals surface area (Å²) in [7, 11) is 0. The summed E-state index contributed by atoms with van der Waals surface area (Å²) in [6.45, 7) is 3.46. The standard InChI is InChI=1S/C12H15BrF3NOS/c1-2-17-8-9-7-10(13)3-4-11(9)18-5-6-19-12(14,15)16/h3-4,7,17H,2,5-6,8H2,1H3. The molecule has 1 rings (SSSR count). The second kappa shape index (κ2) is 8.01. The Morgan fingerprint density at radius 1 is 1.37 bits per heavy atom. The number of ether oxygens (including phenoxy) is 1. The molecule has 0 aromatic heterocycles. The van der Waals surface area contributed by atoms with Crippen molar-refractivity contribution >= 4 is 27.7 Å². The summed E-state index contributed by atoms with van der Waals surface area (Å²) in [6, 6.07) is 5.46. The molecule has 2 nitrogen and oxygen atoms in total. The molecule has 7 heteroatoms. The fourth-order valence-corrected chi connectivity index (χ4v) is 2.20. The topological polar surface area (TPSA) is 21.3 Å². The van der Waals surface area contributed by atoms with Gasteiger partial charge in [0.05, 0.1) is 6.61 Å². The number of rotatable bonds is 7. The minimum absolute atomic E-state index is 0.0327. The molecule has 0 atom stereocenters. The highest BCUT2D eigenvalue weighted by atomic mass is 79.9. The first-order valence-electron chi connectivity index (χ1n) is 5.75. The van der Waals surface area contributed by atoms with E-state index in [-0.39, 0.29) is 24.1 Å². The fourth-order valence-electron chi connectivity index (χ4n) is 1.40. The Balaban J connectivity index is 2.52. The van der Waals surface area contributed by atoms with Crippen LogP contribution in [0.4, 0.5) is 13.2 Å². The van der Waals surface area contributed by atoms with Crippen molar-refractivity contribution in [2.45, 2.75) is 19.0 Å². The van der Waals surface area contributed by atoms with Gasteiger partial charge in [0.1, 0.15) is 5.75 Å². The SMILES string of the molecule is CCNCc1cc(Br)ccc1OCCSC(F)(F)F. The van der Waals surface area contributed by atoms with Crippen molar-refractivity contribution in [3.63, 3.8) is 0 Å². The number of hydrogen-bond donors (Lipinski definition) is 1. The molecule has 0 spiro atoms. The molecule has 0 aliphatic rings. The van der Waals surface area contributed by atoms with Crippen molar-refractivity contribution in [1.29, 1.82) is 0 Å². The molecule has 0 amide bonds. The molecule has 0 radical (unpaired) electrons. The summed E-state index contributed by atoms with van der Waals surface area (Å²) in [5.41, 5.74) is -3.27. The fraction of sp³-hybridized carbons (Fsp3) is 0.500. The van der Waals surface area contributed by atoms with Crippen LogP contribution in [-0.2, 0) is 6.54 Å². The predicted octanol–water partition coefficient (Wildman–Crippen LogP) is 4.19. The van der Waals surface area contributed by atoms with Gasteiger partial charge >= 0.3 is 5.51 Å². The highest BCUT2D eigenvalue weighted by molar-refractivity contribution is 9.10. The number of thioether (sulfide) groups is 1. The summed E-state index contributed by atoms with van der Waals surface area (Å²) in [5, 5.41) is 3.16. The van der Waals surface area contributed by atoms with Crippen LogP contribution in [0.5, 0.6) is 5.75 Å². The van der Waals surface area contributed by atoms with Crippen molar-refractivity contribution in [2.75, 3.05) is 18.9 Å². The first kappa shape index (κ1) is 16.7. The molecule has 0 saturated heterocycles. The average Bonchev–Trinajstić information content (AvgIpc) is 2.32. The van der Waals surface area contributed by atoms with Crippen molar-refractivity contribution < 1.29 is 17.9 Å². The van der Waals surface area contributed by atoms with Crippen LogP contribution in [0, 0.1) is 0 Å². The van der Waals surface area contributed by atoms with Gasteiger partial charge in [-0.25, -0.2) is 0 Å². The van der Waals surface area contributed by atoms with Crippen LogP contribution in [-0.4, -0.2) is 24.4 Å². The molecule has 0 bridgehead atoms. The van der Waals surface area contributed by atoms with E-state index in [9.17, 15) is 13.2 Å². The zero-order valence-corrected chi connectivity index (χ0v) is 12.8. The van der Waals surface area contributed by atoms with E-state index in [1.807, 2.05) is 19.1 Å². The van der Waals surface area contributed by atoms with E-state index in [0.29, 0.717) is 12.3 Å². The van der Waals surface area contributed by atoms with Crippen LogP contribution in [0.15, 0.2) is 22.7 Å². The van der Waals surface area contributed by atoms with E-state index in [1.165, 1.54) is 0 Å². The lowest BCUT2D eigenvalue weighted by Crippen LogP contribution is -2.14. The molecule has 1 aromatic rings. The van der Waals surface area contributed by atoms with E-state index >= 15 is 0 Å². The van der Waals surface area contributed by atoms with Crippen LogP contribution < -0.4 is 10.1 Å². The van der Waals surface area contributed by atoms with Gasteiger partial charge in [-0.2, -0.15) is 13.2 Å². The predicted molar refractivity (Wildman–Crippen MR) is 75.5 cm³/mol. The maximum atomic E-state index is 12.0. The first-order chi connectivity index (χ1) is 8.92. The Hall–Kier alpha value is -0.400. The highest BCUT2D eigenvalue weighted by Gasteiger charge is 2.27. The third-order valence-corrected chi connectivity index (χ3v) is 3.39. The molecular weight excluding hydrogens is 343 g/mol. The lowest BCUT2D eigenvalue weighted by atomic mass is 10.2. The second-order valence-electron chi connectivity index (χ2n) is 3.68. The summed E-state index contributed by atoms with van der Waals surface area (Å²) in [6.07, 6.45) is 0. The van der Waals surface area contributed by atoms with Crippen LogP contribution in [0.3, 0.4) is 0 Å². The van der Waals surface area contributed by atoms with Crippen molar-refractivity contribution in [3.05, 3.63) is 28.2 Å². The Morgan fingerprint density at radius 2 is 2.11 bits per heavy atom. The maximum absolute atomic E-state index is 12.0. The number of halogens is 4. The third-order valence-electron chi connectivity index (χ3n) is 2.19. The molecule has 0 saturated carbocycles. The van der Waals surface area contributed by atoms with Gasteiger partial charge in [0.15, 0.2) is 0 Å². The van der Waals surface area contributed by atoms with Gasteiger partial charge in [-0.1, -0.05) is 22.9 Å². The van der Waals surface area contributed by atoms with E-state index < -0.39 is 5.51 Å². The molecule has 0 aliphatic carbocycles. The van der Waals surface area contributed by atoms with Gasteiger partial charge in [0.25, 0.3) is 0 Å². The van der Waals surface area contributed by atoms with Crippen molar-refractivity contribution in [3.8, 4) is 5.75 Å². The highest BCUT2D eigenvalue weighted by Crippen LogP contribution is 2.30. The van der Waals surface area contributed by atoms with Crippen molar-refractivity contribution in [2.24, 2.45) is 0 Å². The molecule has 0 heterocycles. The summed E-state index contributed by atoms with van der Waals surface area (Å²) in [4.78, 5) is 0. The smallest absolute Gasteiger partial charge is 0.441 e. The molecule has 0 fully saturated rings. The quantitative estimate of drug-likeness (QED) is 0.739. The zero-order valence-electron chi connectivity index (χ0n) is 10.4. The first-order valence-corrected chi connectivity index (χ1v) is 7.53. The third kappa shape index (κ3) is 7.08. The van der Waals surface area contributed by atoms with Gasteiger partial charge in [0, 0.05) is 22.3 Å². The van der Waals surface area contributed by atoms with Gasteiger partial charge < -0.3 is 10.1 Å². The van der Waals surface area contributed by atoms with Gasteiger partial charge in [0.2, 0.25) is 0 Å². The zero-order chi connectivity index (χ0) is 14.3. The Labute approximate surface area is 123 Å². The van der Waals surface area contributed by atoms with E-state index in [1.54, 1.807) is 6.07 Å². The number of nitrogens with one attached hydrogen (secondary N) is 1. The van der Waals surface area contributed by atoms with Crippen LogP contribution in [0.2, 0.25) is 0 Å². The van der Waals surface area contributed by atoms with Crippen LogP contribution in [0.25, 0.3) is 0 Å². The normalized spacial score (nSPS) is 11.6. The Bertz CT molecular complexity index is 401. The van der Waals surface area contributed by atoms with Crippen LogP contribution >= 0.6 is 27.7 Å². The minimum atomic E-state index is -4.20. The van der Waals surface area contributed by atoms with Crippen LogP contribution in [0.1, 0.15) is 12.5 Å². The molecular formula is C12H15BrF3NOS. The number of hydrogen-bond acceptors (Lipinski definition) is 3. The maximum Gasteiger partial charge on any atom is 0.441 e. The Morgan fingerprint density at radius 3 is 2.74 bits per heavy atom.